The Labute approximate surface area is 163 Å². The van der Waals surface area contributed by atoms with Gasteiger partial charge in [0.05, 0.1) is 6.42 Å². The molecule has 1 unspecified atom stereocenters. The molecular formula is C22H31N3O2. The van der Waals surface area contributed by atoms with Crippen molar-refractivity contribution in [2.24, 2.45) is 0 Å². The van der Waals surface area contributed by atoms with E-state index in [1.54, 1.807) is 0 Å². The summed E-state index contributed by atoms with van der Waals surface area (Å²) in [6.45, 7) is 9.15. The fraction of sp³-hybridized carbons (Fsp3) is 0.545. The normalized spacial score (nSPS) is 18.0. The zero-order valence-corrected chi connectivity index (χ0v) is 16.7. The molecule has 0 aromatic heterocycles. The molecule has 2 amide bonds. The van der Waals surface area contributed by atoms with Crippen molar-refractivity contribution in [2.45, 2.75) is 51.6 Å². The minimum atomic E-state index is -0.0250. The predicted octanol–water partition coefficient (Wildman–Crippen LogP) is 2.07. The highest BCUT2D eigenvalue weighted by atomic mass is 16.2. The smallest absolute Gasteiger partial charge is 0.224 e. The molecule has 0 radical (unpaired) electrons. The maximum Gasteiger partial charge on any atom is 0.224 e. The second kappa shape index (κ2) is 9.57. The number of amides is 2. The van der Waals surface area contributed by atoms with Crippen LogP contribution in [0.3, 0.4) is 0 Å². The van der Waals surface area contributed by atoms with E-state index in [1.807, 2.05) is 35.2 Å². The van der Waals surface area contributed by atoms with Gasteiger partial charge in [0.25, 0.3) is 0 Å². The molecule has 1 atom stereocenters. The summed E-state index contributed by atoms with van der Waals surface area (Å²) in [4.78, 5) is 29.0. The largest absolute Gasteiger partial charge is 0.354 e. The van der Waals surface area contributed by atoms with Gasteiger partial charge in [-0.3, -0.25) is 14.5 Å². The topological polar surface area (TPSA) is 52.7 Å². The third-order valence-electron chi connectivity index (χ3n) is 4.92. The van der Waals surface area contributed by atoms with Crippen LogP contribution in [0, 0.1) is 12.3 Å². The van der Waals surface area contributed by atoms with Crippen LogP contribution in [0.2, 0.25) is 0 Å². The Morgan fingerprint density at radius 1 is 1.22 bits per heavy atom. The Morgan fingerprint density at radius 2 is 1.93 bits per heavy atom. The highest BCUT2D eigenvalue weighted by molar-refractivity contribution is 5.78. The van der Waals surface area contributed by atoms with E-state index in [-0.39, 0.29) is 23.4 Å². The van der Waals surface area contributed by atoms with E-state index < -0.39 is 0 Å². The molecule has 5 nitrogen and oxygen atoms in total. The average molecular weight is 370 g/mol. The lowest BCUT2D eigenvalue weighted by atomic mass is 9.99. The van der Waals surface area contributed by atoms with Crippen LogP contribution in [0.15, 0.2) is 30.3 Å². The molecule has 1 saturated heterocycles. The summed E-state index contributed by atoms with van der Waals surface area (Å²) in [5.41, 5.74) is 0.973. The van der Waals surface area contributed by atoms with Crippen molar-refractivity contribution < 1.29 is 9.59 Å². The first-order valence-electron chi connectivity index (χ1n) is 9.60. The van der Waals surface area contributed by atoms with Crippen molar-refractivity contribution in [3.05, 3.63) is 35.9 Å². The zero-order chi connectivity index (χ0) is 19.9. The summed E-state index contributed by atoms with van der Waals surface area (Å²) in [6.07, 6.45) is 6.51. The summed E-state index contributed by atoms with van der Waals surface area (Å²) >= 11 is 0. The number of rotatable bonds is 6. The Kier molecular flexibility index (Phi) is 7.44. The Bertz CT molecular complexity index is 673. The SMILES string of the molecule is C#CCCC(=O)N1CCN(C(C)(C)C)C(CNC(=O)Cc2ccccc2)C1. The van der Waals surface area contributed by atoms with Crippen molar-refractivity contribution in [3.8, 4) is 12.3 Å². The molecule has 1 aromatic carbocycles. The molecule has 1 heterocycles. The molecule has 146 valence electrons. The van der Waals surface area contributed by atoms with Crippen molar-refractivity contribution in [1.29, 1.82) is 0 Å². The molecule has 1 aliphatic rings. The van der Waals surface area contributed by atoms with Gasteiger partial charge in [0.1, 0.15) is 0 Å². The van der Waals surface area contributed by atoms with Gasteiger partial charge in [-0.15, -0.1) is 12.3 Å². The average Bonchev–Trinajstić information content (AvgIpc) is 2.64. The van der Waals surface area contributed by atoms with Crippen LogP contribution in [0.5, 0.6) is 0 Å². The molecule has 0 bridgehead atoms. The highest BCUT2D eigenvalue weighted by Gasteiger charge is 2.35. The molecule has 1 fully saturated rings. The molecule has 0 spiro atoms. The van der Waals surface area contributed by atoms with Crippen molar-refractivity contribution >= 4 is 11.8 Å². The van der Waals surface area contributed by atoms with Gasteiger partial charge in [0.2, 0.25) is 11.8 Å². The van der Waals surface area contributed by atoms with Crippen molar-refractivity contribution in [2.75, 3.05) is 26.2 Å². The highest BCUT2D eigenvalue weighted by Crippen LogP contribution is 2.21. The minimum absolute atomic E-state index is 0.00541. The predicted molar refractivity (Wildman–Crippen MR) is 108 cm³/mol. The van der Waals surface area contributed by atoms with E-state index >= 15 is 0 Å². The van der Waals surface area contributed by atoms with Gasteiger partial charge in [0, 0.05) is 50.6 Å². The van der Waals surface area contributed by atoms with E-state index in [9.17, 15) is 9.59 Å². The summed E-state index contributed by atoms with van der Waals surface area (Å²) in [5, 5.41) is 3.05. The van der Waals surface area contributed by atoms with Gasteiger partial charge in [-0.05, 0) is 26.3 Å². The number of hydrogen-bond acceptors (Lipinski definition) is 3. The van der Waals surface area contributed by atoms with Crippen LogP contribution in [0.25, 0.3) is 0 Å². The number of benzene rings is 1. The molecule has 0 saturated carbocycles. The Hall–Kier alpha value is -2.32. The van der Waals surface area contributed by atoms with Gasteiger partial charge in [-0.1, -0.05) is 30.3 Å². The fourth-order valence-electron chi connectivity index (χ4n) is 3.55. The second-order valence-corrected chi connectivity index (χ2v) is 8.03. The van der Waals surface area contributed by atoms with Gasteiger partial charge in [-0.25, -0.2) is 0 Å². The molecule has 1 aromatic rings. The van der Waals surface area contributed by atoms with E-state index in [0.29, 0.717) is 38.9 Å². The maximum atomic E-state index is 12.4. The number of terminal acetylenes is 1. The molecule has 2 rings (SSSR count). The third-order valence-corrected chi connectivity index (χ3v) is 4.92. The van der Waals surface area contributed by atoms with Crippen LogP contribution < -0.4 is 5.32 Å². The minimum Gasteiger partial charge on any atom is -0.354 e. The van der Waals surface area contributed by atoms with Crippen LogP contribution >= 0.6 is 0 Å². The van der Waals surface area contributed by atoms with Crippen LogP contribution in [0.4, 0.5) is 0 Å². The second-order valence-electron chi connectivity index (χ2n) is 8.03. The lowest BCUT2D eigenvalue weighted by molar-refractivity contribution is -0.135. The number of hydrogen-bond donors (Lipinski definition) is 1. The number of carbonyl (C=O) groups excluding carboxylic acids is 2. The van der Waals surface area contributed by atoms with Gasteiger partial charge >= 0.3 is 0 Å². The Balaban J connectivity index is 1.96. The summed E-state index contributed by atoms with van der Waals surface area (Å²) < 4.78 is 0. The third kappa shape index (κ3) is 6.41. The number of carbonyl (C=O) groups is 2. The zero-order valence-electron chi connectivity index (χ0n) is 16.7. The first-order valence-corrected chi connectivity index (χ1v) is 9.60. The summed E-state index contributed by atoms with van der Waals surface area (Å²) in [6, 6.07) is 9.81. The monoisotopic (exact) mass is 369 g/mol. The summed E-state index contributed by atoms with van der Waals surface area (Å²) in [7, 11) is 0. The number of nitrogens with one attached hydrogen (secondary N) is 1. The van der Waals surface area contributed by atoms with Crippen LogP contribution in [-0.2, 0) is 16.0 Å². The maximum absolute atomic E-state index is 12.4. The molecular weight excluding hydrogens is 338 g/mol. The fourth-order valence-corrected chi connectivity index (χ4v) is 3.55. The number of nitrogens with zero attached hydrogens (tertiary/aromatic N) is 2. The van der Waals surface area contributed by atoms with Gasteiger partial charge in [-0.2, -0.15) is 0 Å². The standard InChI is InChI=1S/C22H31N3O2/c1-5-6-12-21(27)24-13-14-25(22(2,3)4)19(17-24)16-23-20(26)15-18-10-8-7-9-11-18/h1,7-11,19H,6,12-17H2,2-4H3,(H,23,26). The molecule has 1 aliphatic heterocycles. The number of piperazine rings is 1. The van der Waals surface area contributed by atoms with Gasteiger partial charge in [0.15, 0.2) is 0 Å². The first-order chi connectivity index (χ1) is 12.8. The van der Waals surface area contributed by atoms with E-state index in [0.717, 1.165) is 12.1 Å². The Morgan fingerprint density at radius 3 is 2.56 bits per heavy atom. The van der Waals surface area contributed by atoms with Crippen molar-refractivity contribution in [1.82, 2.24) is 15.1 Å². The van der Waals surface area contributed by atoms with E-state index in [4.69, 9.17) is 6.42 Å². The van der Waals surface area contributed by atoms with E-state index in [2.05, 4.69) is 36.9 Å². The van der Waals surface area contributed by atoms with Crippen LogP contribution in [-0.4, -0.2) is 59.4 Å². The first kappa shape index (κ1) is 21.0. The lowest BCUT2D eigenvalue weighted by Crippen LogP contribution is -2.63. The van der Waals surface area contributed by atoms with Crippen molar-refractivity contribution in [3.63, 3.8) is 0 Å². The quantitative estimate of drug-likeness (QED) is 0.781. The van der Waals surface area contributed by atoms with Crippen LogP contribution in [0.1, 0.15) is 39.2 Å². The molecule has 1 N–H and O–H groups in total. The summed E-state index contributed by atoms with van der Waals surface area (Å²) in [5.74, 6) is 2.63. The molecule has 0 aliphatic carbocycles. The van der Waals surface area contributed by atoms with Gasteiger partial charge < -0.3 is 10.2 Å². The molecule has 5 heteroatoms. The molecule has 27 heavy (non-hydrogen) atoms. The lowest BCUT2D eigenvalue weighted by Gasteiger charge is -2.48. The van der Waals surface area contributed by atoms with E-state index in [1.165, 1.54) is 0 Å².